The summed E-state index contributed by atoms with van der Waals surface area (Å²) in [6.45, 7) is 0.788. The highest BCUT2D eigenvalue weighted by molar-refractivity contribution is 7.07. The minimum absolute atomic E-state index is 0.734. The van der Waals surface area contributed by atoms with Gasteiger partial charge in [-0.25, -0.2) is 0 Å². The van der Waals surface area contributed by atoms with Crippen LogP contribution in [-0.2, 0) is 6.54 Å². The Kier molecular flexibility index (Phi) is 3.24. The Balaban J connectivity index is 1.88. The van der Waals surface area contributed by atoms with Crippen molar-refractivity contribution in [3.63, 3.8) is 0 Å². The lowest BCUT2D eigenvalue weighted by atomic mass is 10.3. The van der Waals surface area contributed by atoms with E-state index in [0.717, 1.165) is 18.2 Å². The van der Waals surface area contributed by atoms with Crippen LogP contribution in [0.4, 0.5) is 5.95 Å². The molecule has 96 valence electrons. The Bertz CT molecular complexity index is 632. The van der Waals surface area contributed by atoms with E-state index in [0.29, 0.717) is 0 Å². The number of rotatable bonds is 4. The molecule has 19 heavy (non-hydrogen) atoms. The highest BCUT2D eigenvalue weighted by Crippen LogP contribution is 2.17. The van der Waals surface area contributed by atoms with Gasteiger partial charge in [0.15, 0.2) is 0 Å². The van der Waals surface area contributed by atoms with E-state index in [2.05, 4.69) is 32.4 Å². The number of tetrazole rings is 1. The molecule has 0 amide bonds. The summed E-state index contributed by atoms with van der Waals surface area (Å²) in [6, 6.07) is 12.0. The van der Waals surface area contributed by atoms with Gasteiger partial charge in [0.05, 0.1) is 5.69 Å². The van der Waals surface area contributed by atoms with E-state index in [1.54, 1.807) is 16.0 Å². The minimum Gasteiger partial charge on any atom is -0.338 e. The van der Waals surface area contributed by atoms with Crippen LogP contribution in [0.1, 0.15) is 5.56 Å². The summed E-state index contributed by atoms with van der Waals surface area (Å²) in [5, 5.41) is 16.1. The molecule has 0 aliphatic rings. The van der Waals surface area contributed by atoms with Crippen LogP contribution in [0.25, 0.3) is 5.69 Å². The summed E-state index contributed by atoms with van der Waals surface area (Å²) in [5.41, 5.74) is 2.22. The standard InChI is InChI=1S/C13H13N5S/c1-17(9-11-7-8-19-10-11)13-14-15-16-18(13)12-5-3-2-4-6-12/h2-8,10H,9H2,1H3. The van der Waals surface area contributed by atoms with E-state index in [9.17, 15) is 0 Å². The molecule has 0 N–H and O–H groups in total. The van der Waals surface area contributed by atoms with Gasteiger partial charge in [-0.2, -0.15) is 16.0 Å². The lowest BCUT2D eigenvalue weighted by Crippen LogP contribution is -2.20. The van der Waals surface area contributed by atoms with Crippen molar-refractivity contribution in [3.05, 3.63) is 52.7 Å². The summed E-state index contributed by atoms with van der Waals surface area (Å²) >= 11 is 1.69. The molecule has 0 aliphatic heterocycles. The lowest BCUT2D eigenvalue weighted by molar-refractivity contribution is 0.772. The van der Waals surface area contributed by atoms with Crippen molar-refractivity contribution in [2.24, 2.45) is 0 Å². The summed E-state index contributed by atoms with van der Waals surface area (Å²) in [7, 11) is 1.99. The highest BCUT2D eigenvalue weighted by Gasteiger charge is 2.12. The number of aromatic nitrogens is 4. The van der Waals surface area contributed by atoms with Crippen LogP contribution in [0.2, 0.25) is 0 Å². The molecule has 3 aromatic rings. The largest absolute Gasteiger partial charge is 0.338 e. The third-order valence-electron chi connectivity index (χ3n) is 2.80. The predicted octanol–water partition coefficient (Wildman–Crippen LogP) is 2.36. The van der Waals surface area contributed by atoms with Crippen molar-refractivity contribution in [2.75, 3.05) is 11.9 Å². The maximum atomic E-state index is 4.10. The minimum atomic E-state index is 0.734. The number of anilines is 1. The van der Waals surface area contributed by atoms with Crippen LogP contribution in [0.3, 0.4) is 0 Å². The Labute approximate surface area is 115 Å². The molecular weight excluding hydrogens is 258 g/mol. The molecule has 0 bridgehead atoms. The molecule has 0 fully saturated rings. The quantitative estimate of drug-likeness (QED) is 0.731. The van der Waals surface area contributed by atoms with Gasteiger partial charge in [0.25, 0.3) is 0 Å². The van der Waals surface area contributed by atoms with E-state index in [1.165, 1.54) is 5.56 Å². The zero-order valence-electron chi connectivity index (χ0n) is 10.5. The third kappa shape index (κ3) is 2.48. The summed E-state index contributed by atoms with van der Waals surface area (Å²) < 4.78 is 1.74. The maximum absolute atomic E-state index is 4.10. The van der Waals surface area contributed by atoms with Crippen molar-refractivity contribution < 1.29 is 0 Å². The van der Waals surface area contributed by atoms with Gasteiger partial charge in [-0.05, 0) is 44.9 Å². The van der Waals surface area contributed by atoms with E-state index in [4.69, 9.17) is 0 Å². The monoisotopic (exact) mass is 271 g/mol. The SMILES string of the molecule is CN(Cc1ccsc1)c1nnnn1-c1ccccc1. The molecule has 2 aromatic heterocycles. The van der Waals surface area contributed by atoms with Crippen LogP contribution < -0.4 is 4.90 Å². The molecule has 0 aliphatic carbocycles. The van der Waals surface area contributed by atoms with Gasteiger partial charge in [-0.3, -0.25) is 0 Å². The number of para-hydroxylation sites is 1. The smallest absolute Gasteiger partial charge is 0.250 e. The average molecular weight is 271 g/mol. The van der Waals surface area contributed by atoms with E-state index in [1.807, 2.05) is 42.3 Å². The van der Waals surface area contributed by atoms with E-state index in [-0.39, 0.29) is 0 Å². The molecule has 0 spiro atoms. The predicted molar refractivity (Wildman–Crippen MR) is 75.6 cm³/mol. The molecule has 0 unspecified atom stereocenters. The summed E-state index contributed by atoms with van der Waals surface area (Å²) in [6.07, 6.45) is 0. The molecule has 3 rings (SSSR count). The Morgan fingerprint density at radius 3 is 2.79 bits per heavy atom. The first kappa shape index (κ1) is 11.9. The van der Waals surface area contributed by atoms with Crippen LogP contribution in [0, 0.1) is 0 Å². The maximum Gasteiger partial charge on any atom is 0.250 e. The zero-order chi connectivity index (χ0) is 13.1. The van der Waals surface area contributed by atoms with Crippen LogP contribution in [-0.4, -0.2) is 27.3 Å². The molecule has 0 saturated heterocycles. The zero-order valence-corrected chi connectivity index (χ0v) is 11.3. The van der Waals surface area contributed by atoms with Gasteiger partial charge in [0, 0.05) is 13.6 Å². The van der Waals surface area contributed by atoms with Gasteiger partial charge < -0.3 is 4.90 Å². The molecule has 5 nitrogen and oxygen atoms in total. The second-order valence-electron chi connectivity index (χ2n) is 4.21. The second-order valence-corrected chi connectivity index (χ2v) is 4.99. The highest BCUT2D eigenvalue weighted by atomic mass is 32.1. The van der Waals surface area contributed by atoms with Crippen LogP contribution >= 0.6 is 11.3 Å². The number of benzene rings is 1. The first-order valence-corrected chi connectivity index (χ1v) is 6.85. The topological polar surface area (TPSA) is 46.8 Å². The number of hydrogen-bond donors (Lipinski definition) is 0. The molecule has 0 saturated carbocycles. The first-order valence-electron chi connectivity index (χ1n) is 5.90. The van der Waals surface area contributed by atoms with E-state index >= 15 is 0 Å². The van der Waals surface area contributed by atoms with Gasteiger partial charge in [0.2, 0.25) is 5.95 Å². The van der Waals surface area contributed by atoms with Crippen molar-refractivity contribution in [3.8, 4) is 5.69 Å². The number of nitrogens with zero attached hydrogens (tertiary/aromatic N) is 5. The van der Waals surface area contributed by atoms with E-state index < -0.39 is 0 Å². The number of hydrogen-bond acceptors (Lipinski definition) is 5. The third-order valence-corrected chi connectivity index (χ3v) is 3.53. The lowest BCUT2D eigenvalue weighted by Gasteiger charge is -2.16. The second kappa shape index (κ2) is 5.19. The Hall–Kier alpha value is -2.21. The van der Waals surface area contributed by atoms with Crippen LogP contribution in [0.5, 0.6) is 0 Å². The Morgan fingerprint density at radius 1 is 1.21 bits per heavy atom. The van der Waals surface area contributed by atoms with Gasteiger partial charge in [-0.1, -0.05) is 23.3 Å². The molecular formula is C13H13N5S. The average Bonchev–Trinajstić information content (AvgIpc) is 3.10. The van der Waals surface area contributed by atoms with Gasteiger partial charge in [0.1, 0.15) is 0 Å². The summed E-state index contributed by atoms with van der Waals surface area (Å²) in [4.78, 5) is 2.04. The van der Waals surface area contributed by atoms with Crippen LogP contribution in [0.15, 0.2) is 47.2 Å². The fourth-order valence-corrected chi connectivity index (χ4v) is 2.54. The van der Waals surface area contributed by atoms with Gasteiger partial charge in [-0.15, -0.1) is 0 Å². The summed E-state index contributed by atoms with van der Waals surface area (Å²) in [5.74, 6) is 0.734. The first-order chi connectivity index (χ1) is 9.34. The fraction of sp³-hybridized carbons (Fsp3) is 0.154. The molecule has 1 aromatic carbocycles. The molecule has 2 heterocycles. The normalized spacial score (nSPS) is 10.6. The Morgan fingerprint density at radius 2 is 2.05 bits per heavy atom. The molecule has 6 heteroatoms. The van der Waals surface area contributed by atoms with Crippen molar-refractivity contribution >= 4 is 17.3 Å². The van der Waals surface area contributed by atoms with Crippen molar-refractivity contribution in [1.82, 2.24) is 20.2 Å². The number of thiophene rings is 1. The van der Waals surface area contributed by atoms with Gasteiger partial charge >= 0.3 is 0 Å². The molecule has 0 atom stereocenters. The fourth-order valence-electron chi connectivity index (χ4n) is 1.88. The van der Waals surface area contributed by atoms with Crippen molar-refractivity contribution in [1.29, 1.82) is 0 Å². The van der Waals surface area contributed by atoms with Crippen molar-refractivity contribution in [2.45, 2.75) is 6.54 Å². The molecule has 0 radical (unpaired) electrons.